The monoisotopic (exact) mass is 276 g/mol. The highest BCUT2D eigenvalue weighted by Crippen LogP contribution is 2.25. The van der Waals surface area contributed by atoms with Crippen LogP contribution in [0.5, 0.6) is 5.75 Å². The van der Waals surface area contributed by atoms with Gasteiger partial charge in [-0.1, -0.05) is 11.6 Å². The largest absolute Gasteiger partial charge is 0.496 e. The third-order valence-electron chi connectivity index (χ3n) is 2.95. The molecule has 1 atom stereocenters. The van der Waals surface area contributed by atoms with Gasteiger partial charge in [0.25, 0.3) is 0 Å². The lowest BCUT2D eigenvalue weighted by molar-refractivity contribution is 0.317. The maximum absolute atomic E-state index is 5.99. The third-order valence-corrected chi connectivity index (χ3v) is 3.18. The second kappa shape index (κ2) is 6.45. The summed E-state index contributed by atoms with van der Waals surface area (Å²) in [4.78, 5) is 2.33. The van der Waals surface area contributed by atoms with Crippen molar-refractivity contribution in [3.63, 3.8) is 0 Å². The Kier molecular flexibility index (Phi) is 5.53. The average Bonchev–Trinajstić information content (AvgIpc) is 2.64. The molecule has 1 aliphatic heterocycles. The predicted octanol–water partition coefficient (Wildman–Crippen LogP) is 2.30. The second-order valence-corrected chi connectivity index (χ2v) is 4.68. The van der Waals surface area contributed by atoms with Crippen LogP contribution in [0.25, 0.3) is 0 Å². The van der Waals surface area contributed by atoms with E-state index < -0.39 is 0 Å². The molecule has 0 aliphatic carbocycles. The molecule has 1 heterocycles. The van der Waals surface area contributed by atoms with Gasteiger partial charge in [-0.2, -0.15) is 0 Å². The molecule has 1 fully saturated rings. The van der Waals surface area contributed by atoms with Gasteiger partial charge in [0.05, 0.1) is 7.11 Å². The Morgan fingerprint density at radius 1 is 1.53 bits per heavy atom. The number of rotatable bonds is 3. The zero-order valence-corrected chi connectivity index (χ0v) is 11.4. The van der Waals surface area contributed by atoms with Gasteiger partial charge in [0.1, 0.15) is 5.75 Å². The summed E-state index contributed by atoms with van der Waals surface area (Å²) in [5, 5.41) is 0.749. The number of ether oxygens (including phenoxy) is 1. The van der Waals surface area contributed by atoms with Crippen molar-refractivity contribution < 1.29 is 4.74 Å². The molecule has 1 aromatic carbocycles. The van der Waals surface area contributed by atoms with Crippen LogP contribution >= 0.6 is 24.0 Å². The molecule has 1 aliphatic rings. The molecular formula is C12H18Cl2N2O. The molecule has 2 rings (SSSR count). The van der Waals surface area contributed by atoms with E-state index in [-0.39, 0.29) is 12.4 Å². The first-order chi connectivity index (χ1) is 7.69. The van der Waals surface area contributed by atoms with Crippen LogP contribution < -0.4 is 10.5 Å². The number of halogens is 2. The minimum Gasteiger partial charge on any atom is -0.496 e. The number of nitrogens with two attached hydrogens (primary N) is 1. The molecule has 1 saturated heterocycles. The number of methoxy groups -OCH3 is 1. The summed E-state index contributed by atoms with van der Waals surface area (Å²) in [5.41, 5.74) is 7.01. The standard InChI is InChI=1S/C12H17ClN2O.ClH/c1-16-12-3-2-10(13)6-9(12)7-15-5-4-11(14)8-15;/h2-3,6,11H,4-5,7-8,14H2,1H3;1H/t11-;/m1./s1. The predicted molar refractivity (Wildman–Crippen MR) is 73.1 cm³/mol. The smallest absolute Gasteiger partial charge is 0.123 e. The van der Waals surface area contributed by atoms with Gasteiger partial charge >= 0.3 is 0 Å². The molecule has 1 aromatic rings. The van der Waals surface area contributed by atoms with Crippen LogP contribution in [0.1, 0.15) is 12.0 Å². The van der Waals surface area contributed by atoms with E-state index in [1.54, 1.807) is 7.11 Å². The van der Waals surface area contributed by atoms with E-state index in [2.05, 4.69) is 4.90 Å². The normalized spacial score (nSPS) is 20.1. The van der Waals surface area contributed by atoms with Gasteiger partial charge in [0, 0.05) is 36.3 Å². The van der Waals surface area contributed by atoms with Gasteiger partial charge in [-0.3, -0.25) is 4.90 Å². The van der Waals surface area contributed by atoms with Crippen molar-refractivity contribution in [3.05, 3.63) is 28.8 Å². The average molecular weight is 277 g/mol. The zero-order valence-electron chi connectivity index (χ0n) is 9.86. The van der Waals surface area contributed by atoms with Crippen molar-refractivity contribution in [2.75, 3.05) is 20.2 Å². The van der Waals surface area contributed by atoms with Crippen LogP contribution in [0, 0.1) is 0 Å². The lowest BCUT2D eigenvalue weighted by Crippen LogP contribution is -2.26. The molecule has 0 aromatic heterocycles. The Balaban J connectivity index is 0.00000144. The lowest BCUT2D eigenvalue weighted by Gasteiger charge is -2.17. The Bertz CT molecular complexity index is 374. The van der Waals surface area contributed by atoms with Crippen molar-refractivity contribution in [2.45, 2.75) is 19.0 Å². The van der Waals surface area contributed by atoms with Crippen molar-refractivity contribution in [2.24, 2.45) is 5.73 Å². The number of likely N-dealkylation sites (tertiary alicyclic amines) is 1. The fourth-order valence-electron chi connectivity index (χ4n) is 2.12. The van der Waals surface area contributed by atoms with Crippen LogP contribution in [0.15, 0.2) is 18.2 Å². The zero-order chi connectivity index (χ0) is 11.5. The first-order valence-electron chi connectivity index (χ1n) is 5.49. The molecule has 96 valence electrons. The first kappa shape index (κ1) is 14.6. The van der Waals surface area contributed by atoms with Crippen LogP contribution in [0.3, 0.4) is 0 Å². The summed E-state index contributed by atoms with van der Waals surface area (Å²) in [6.07, 6.45) is 1.07. The first-order valence-corrected chi connectivity index (χ1v) is 5.87. The summed E-state index contributed by atoms with van der Waals surface area (Å²) in [7, 11) is 1.68. The third kappa shape index (κ3) is 3.75. The van der Waals surface area contributed by atoms with E-state index >= 15 is 0 Å². The minimum absolute atomic E-state index is 0. The maximum Gasteiger partial charge on any atom is 0.123 e. The molecule has 0 amide bonds. The van der Waals surface area contributed by atoms with E-state index in [4.69, 9.17) is 22.1 Å². The van der Waals surface area contributed by atoms with E-state index in [0.717, 1.165) is 42.4 Å². The minimum atomic E-state index is 0. The molecule has 17 heavy (non-hydrogen) atoms. The quantitative estimate of drug-likeness (QED) is 0.921. The van der Waals surface area contributed by atoms with E-state index in [1.165, 1.54) is 0 Å². The molecule has 0 spiro atoms. The fourth-order valence-corrected chi connectivity index (χ4v) is 2.31. The second-order valence-electron chi connectivity index (χ2n) is 4.24. The van der Waals surface area contributed by atoms with E-state index in [0.29, 0.717) is 6.04 Å². The summed E-state index contributed by atoms with van der Waals surface area (Å²) < 4.78 is 5.32. The van der Waals surface area contributed by atoms with Gasteiger partial charge < -0.3 is 10.5 Å². The van der Waals surface area contributed by atoms with Crippen molar-refractivity contribution in [3.8, 4) is 5.75 Å². The van der Waals surface area contributed by atoms with Crippen molar-refractivity contribution in [1.29, 1.82) is 0 Å². The number of hydrogen-bond donors (Lipinski definition) is 1. The molecule has 0 unspecified atom stereocenters. The number of nitrogens with zero attached hydrogens (tertiary/aromatic N) is 1. The topological polar surface area (TPSA) is 38.5 Å². The summed E-state index contributed by atoms with van der Waals surface area (Å²) in [6.45, 7) is 2.87. The Hall–Kier alpha value is -0.480. The molecular weight excluding hydrogens is 259 g/mol. The maximum atomic E-state index is 5.99. The van der Waals surface area contributed by atoms with Crippen molar-refractivity contribution in [1.82, 2.24) is 4.90 Å². The molecule has 3 nitrogen and oxygen atoms in total. The highest BCUT2D eigenvalue weighted by atomic mass is 35.5. The van der Waals surface area contributed by atoms with Gasteiger partial charge in [0.2, 0.25) is 0 Å². The van der Waals surface area contributed by atoms with Gasteiger partial charge in [-0.05, 0) is 24.6 Å². The lowest BCUT2D eigenvalue weighted by atomic mass is 10.2. The highest BCUT2D eigenvalue weighted by Gasteiger charge is 2.20. The van der Waals surface area contributed by atoms with Crippen molar-refractivity contribution >= 4 is 24.0 Å². The van der Waals surface area contributed by atoms with E-state index in [9.17, 15) is 0 Å². The summed E-state index contributed by atoms with van der Waals surface area (Å²) >= 11 is 5.99. The number of benzene rings is 1. The van der Waals surface area contributed by atoms with Crippen LogP contribution in [0.4, 0.5) is 0 Å². The van der Waals surface area contributed by atoms with Crippen LogP contribution in [-0.4, -0.2) is 31.1 Å². The molecule has 0 bridgehead atoms. The summed E-state index contributed by atoms with van der Waals surface area (Å²) in [6, 6.07) is 6.03. The summed E-state index contributed by atoms with van der Waals surface area (Å²) in [5.74, 6) is 0.893. The highest BCUT2D eigenvalue weighted by molar-refractivity contribution is 6.30. The number of hydrogen-bond acceptors (Lipinski definition) is 3. The van der Waals surface area contributed by atoms with Crippen LogP contribution in [0.2, 0.25) is 5.02 Å². The van der Waals surface area contributed by atoms with Gasteiger partial charge in [-0.25, -0.2) is 0 Å². The molecule has 0 radical (unpaired) electrons. The van der Waals surface area contributed by atoms with Gasteiger partial charge in [-0.15, -0.1) is 12.4 Å². The SMILES string of the molecule is COc1ccc(Cl)cc1CN1CC[C@@H](N)C1.Cl. The Labute approximate surface area is 113 Å². The molecule has 2 N–H and O–H groups in total. The Morgan fingerprint density at radius 2 is 2.29 bits per heavy atom. The van der Waals surface area contributed by atoms with Crippen LogP contribution in [-0.2, 0) is 6.54 Å². The molecule has 5 heteroatoms. The fraction of sp³-hybridized carbons (Fsp3) is 0.500. The molecule has 0 saturated carbocycles. The van der Waals surface area contributed by atoms with Gasteiger partial charge in [0.15, 0.2) is 0 Å². The Morgan fingerprint density at radius 3 is 2.88 bits per heavy atom. The van der Waals surface area contributed by atoms with E-state index in [1.807, 2.05) is 18.2 Å².